The highest BCUT2D eigenvalue weighted by Crippen LogP contribution is 2.39. The van der Waals surface area contributed by atoms with Crippen LogP contribution in [0.25, 0.3) is 5.76 Å². The van der Waals surface area contributed by atoms with E-state index in [1.54, 1.807) is 6.07 Å². The number of carbonyl (C=O) groups is 2. The van der Waals surface area contributed by atoms with Gasteiger partial charge < -0.3 is 9.84 Å². The van der Waals surface area contributed by atoms with Crippen LogP contribution < -0.4 is 0 Å². The van der Waals surface area contributed by atoms with Gasteiger partial charge in [0, 0.05) is 23.1 Å². The number of phenolic OH excluding ortho intramolecular Hbond substituents is 1. The zero-order valence-electron chi connectivity index (χ0n) is 9.19. The van der Waals surface area contributed by atoms with Crippen molar-refractivity contribution in [2.75, 3.05) is 0 Å². The molecular weight excluding hydrogens is 220 g/mol. The van der Waals surface area contributed by atoms with Gasteiger partial charge in [-0.1, -0.05) is 0 Å². The Labute approximate surface area is 97.5 Å². The number of ether oxygens (including phenoxy) is 1. The molecule has 1 aromatic carbocycles. The number of aromatic hydroxyl groups is 1. The molecule has 17 heavy (non-hydrogen) atoms. The Balaban J connectivity index is 2.26. The molecule has 3 rings (SSSR count). The number of benzene rings is 1. The molecule has 0 aromatic heterocycles. The van der Waals surface area contributed by atoms with Crippen LogP contribution in [0.15, 0.2) is 23.8 Å². The van der Waals surface area contributed by atoms with Crippen molar-refractivity contribution in [1.82, 2.24) is 0 Å². The highest BCUT2D eigenvalue weighted by Gasteiger charge is 2.38. The molecule has 1 aromatic rings. The SMILES string of the molecule is CC1CC2=C(O1)c1ccc(O)cc1C(=O)C2=O. The van der Waals surface area contributed by atoms with Gasteiger partial charge in [-0.2, -0.15) is 0 Å². The highest BCUT2D eigenvalue weighted by atomic mass is 16.5. The van der Waals surface area contributed by atoms with Gasteiger partial charge in [-0.15, -0.1) is 0 Å². The predicted octanol–water partition coefficient (Wildman–Crippen LogP) is 1.68. The summed E-state index contributed by atoms with van der Waals surface area (Å²) in [6.07, 6.45) is 0.386. The van der Waals surface area contributed by atoms with Crippen LogP contribution in [0.3, 0.4) is 0 Å². The van der Waals surface area contributed by atoms with Crippen molar-refractivity contribution in [2.24, 2.45) is 0 Å². The van der Waals surface area contributed by atoms with Gasteiger partial charge in [-0.25, -0.2) is 0 Å². The molecule has 0 radical (unpaired) electrons. The Kier molecular flexibility index (Phi) is 1.90. The zero-order chi connectivity index (χ0) is 12.2. The lowest BCUT2D eigenvalue weighted by atomic mass is 9.87. The molecule has 1 N–H and O–H groups in total. The third-order valence-electron chi connectivity index (χ3n) is 3.06. The second kappa shape index (κ2) is 3.20. The number of hydrogen-bond donors (Lipinski definition) is 1. The number of phenols is 1. The summed E-state index contributed by atoms with van der Waals surface area (Å²) in [6, 6.07) is 4.41. The van der Waals surface area contributed by atoms with Gasteiger partial charge >= 0.3 is 0 Å². The molecule has 0 saturated carbocycles. The number of Topliss-reactive ketones (excluding diaryl/α,β-unsaturated/α-hetero) is 2. The molecule has 0 amide bonds. The Morgan fingerprint density at radius 3 is 2.76 bits per heavy atom. The van der Waals surface area contributed by atoms with Crippen LogP contribution in [0, 0.1) is 0 Å². The first-order valence-corrected chi connectivity index (χ1v) is 5.40. The predicted molar refractivity (Wildman–Crippen MR) is 59.5 cm³/mol. The molecular formula is C13H10O4. The minimum Gasteiger partial charge on any atom is -0.508 e. The summed E-state index contributed by atoms with van der Waals surface area (Å²) in [4.78, 5) is 23.7. The maximum atomic E-state index is 11.9. The molecule has 4 heteroatoms. The zero-order valence-corrected chi connectivity index (χ0v) is 9.19. The average molecular weight is 230 g/mol. The van der Waals surface area contributed by atoms with Crippen LogP contribution in [-0.4, -0.2) is 22.8 Å². The maximum Gasteiger partial charge on any atom is 0.234 e. The van der Waals surface area contributed by atoms with Gasteiger partial charge in [0.25, 0.3) is 0 Å². The fourth-order valence-electron chi connectivity index (χ4n) is 2.29. The molecule has 1 unspecified atom stereocenters. The number of hydrogen-bond acceptors (Lipinski definition) is 4. The standard InChI is InChI=1S/C13H10O4/c1-6-4-10-12(16)11(15)9-5-7(14)2-3-8(9)13(10)17-6/h2-3,5-6,14H,4H2,1H3. The number of fused-ring (bicyclic) bond motifs is 2. The van der Waals surface area contributed by atoms with E-state index in [9.17, 15) is 14.7 Å². The summed E-state index contributed by atoms with van der Waals surface area (Å²) >= 11 is 0. The van der Waals surface area contributed by atoms with Crippen LogP contribution in [-0.2, 0) is 9.53 Å². The van der Waals surface area contributed by atoms with E-state index in [-0.39, 0.29) is 17.4 Å². The third-order valence-corrected chi connectivity index (χ3v) is 3.06. The molecule has 4 nitrogen and oxygen atoms in total. The number of rotatable bonds is 0. The minimum absolute atomic E-state index is 0.0278. The fraction of sp³-hybridized carbons (Fsp3) is 0.231. The molecule has 0 spiro atoms. The van der Waals surface area contributed by atoms with E-state index >= 15 is 0 Å². The van der Waals surface area contributed by atoms with E-state index in [2.05, 4.69) is 0 Å². The summed E-state index contributed by atoms with van der Waals surface area (Å²) in [7, 11) is 0. The smallest absolute Gasteiger partial charge is 0.234 e. The van der Waals surface area contributed by atoms with Crippen molar-refractivity contribution < 1.29 is 19.4 Å². The van der Waals surface area contributed by atoms with Crippen molar-refractivity contribution >= 4 is 17.3 Å². The fourth-order valence-corrected chi connectivity index (χ4v) is 2.29. The normalized spacial score (nSPS) is 22.3. The van der Waals surface area contributed by atoms with Crippen molar-refractivity contribution in [3.05, 3.63) is 34.9 Å². The molecule has 1 aliphatic carbocycles. The monoisotopic (exact) mass is 230 g/mol. The summed E-state index contributed by atoms with van der Waals surface area (Å²) in [6.45, 7) is 1.86. The largest absolute Gasteiger partial charge is 0.508 e. The van der Waals surface area contributed by atoms with Crippen molar-refractivity contribution in [1.29, 1.82) is 0 Å². The molecule has 2 aliphatic rings. The topological polar surface area (TPSA) is 63.6 Å². The number of carbonyl (C=O) groups excluding carboxylic acids is 2. The van der Waals surface area contributed by atoms with Crippen LogP contribution in [0.5, 0.6) is 5.75 Å². The van der Waals surface area contributed by atoms with Gasteiger partial charge in [0.2, 0.25) is 11.6 Å². The summed E-state index contributed by atoms with van der Waals surface area (Å²) in [5.41, 5.74) is 1.29. The van der Waals surface area contributed by atoms with Crippen molar-refractivity contribution in [2.45, 2.75) is 19.4 Å². The van der Waals surface area contributed by atoms with Gasteiger partial charge in [-0.3, -0.25) is 9.59 Å². The first-order valence-electron chi connectivity index (χ1n) is 5.40. The molecule has 0 bridgehead atoms. The minimum atomic E-state index is -0.563. The summed E-state index contributed by atoms with van der Waals surface area (Å²) in [5, 5.41) is 9.36. The van der Waals surface area contributed by atoms with Crippen LogP contribution >= 0.6 is 0 Å². The average Bonchev–Trinajstić information content (AvgIpc) is 2.68. The lowest BCUT2D eigenvalue weighted by molar-refractivity contribution is -0.112. The van der Waals surface area contributed by atoms with E-state index in [4.69, 9.17) is 4.74 Å². The Bertz CT molecular complexity index is 583. The van der Waals surface area contributed by atoms with Crippen LogP contribution in [0.1, 0.15) is 29.3 Å². The van der Waals surface area contributed by atoms with Crippen molar-refractivity contribution in [3.8, 4) is 5.75 Å². The molecule has 1 aliphatic heterocycles. The molecule has 0 saturated heterocycles. The van der Waals surface area contributed by atoms with E-state index in [1.165, 1.54) is 12.1 Å². The van der Waals surface area contributed by atoms with Gasteiger partial charge in [0.05, 0.1) is 0 Å². The Morgan fingerprint density at radius 1 is 1.24 bits per heavy atom. The van der Waals surface area contributed by atoms with Gasteiger partial charge in [0.1, 0.15) is 17.6 Å². The summed E-state index contributed by atoms with van der Waals surface area (Å²) < 4.78 is 5.58. The quantitative estimate of drug-likeness (QED) is 0.689. The van der Waals surface area contributed by atoms with Gasteiger partial charge in [-0.05, 0) is 25.1 Å². The molecule has 0 fully saturated rings. The summed E-state index contributed by atoms with van der Waals surface area (Å²) in [5.74, 6) is -0.605. The third kappa shape index (κ3) is 1.30. The second-order valence-electron chi connectivity index (χ2n) is 4.33. The first-order chi connectivity index (χ1) is 8.08. The van der Waals surface area contributed by atoms with Gasteiger partial charge in [0.15, 0.2) is 0 Å². The van der Waals surface area contributed by atoms with E-state index in [0.717, 1.165) is 0 Å². The van der Waals surface area contributed by atoms with E-state index in [0.29, 0.717) is 23.3 Å². The lowest BCUT2D eigenvalue weighted by Gasteiger charge is -2.16. The number of ketones is 2. The molecule has 1 heterocycles. The van der Waals surface area contributed by atoms with Crippen LogP contribution in [0.2, 0.25) is 0 Å². The van der Waals surface area contributed by atoms with E-state index in [1.807, 2.05) is 6.92 Å². The molecule has 86 valence electrons. The lowest BCUT2D eigenvalue weighted by Crippen LogP contribution is -2.22. The van der Waals surface area contributed by atoms with Crippen molar-refractivity contribution in [3.63, 3.8) is 0 Å². The first kappa shape index (κ1) is 10.1. The highest BCUT2D eigenvalue weighted by molar-refractivity contribution is 6.52. The Morgan fingerprint density at radius 2 is 2.00 bits per heavy atom. The molecule has 1 atom stereocenters. The maximum absolute atomic E-state index is 11.9. The Hall–Kier alpha value is -2.10. The second-order valence-corrected chi connectivity index (χ2v) is 4.33. The van der Waals surface area contributed by atoms with Crippen LogP contribution in [0.4, 0.5) is 0 Å². The van der Waals surface area contributed by atoms with E-state index < -0.39 is 11.6 Å².